The van der Waals surface area contributed by atoms with Crippen molar-refractivity contribution in [1.82, 2.24) is 4.98 Å². The zero-order valence-corrected chi connectivity index (χ0v) is 12.9. The minimum atomic E-state index is 0.443. The predicted octanol–water partition coefficient (Wildman–Crippen LogP) is 2.96. The van der Waals surface area contributed by atoms with Crippen molar-refractivity contribution in [3.63, 3.8) is 0 Å². The van der Waals surface area contributed by atoms with Crippen LogP contribution < -0.4 is 10.6 Å². The van der Waals surface area contributed by atoms with Gasteiger partial charge < -0.3 is 10.6 Å². The van der Waals surface area contributed by atoms with Gasteiger partial charge in [-0.1, -0.05) is 25.1 Å². The van der Waals surface area contributed by atoms with Crippen LogP contribution in [0.4, 0.5) is 5.69 Å². The Balaban J connectivity index is 2.28. The molecule has 0 aromatic carbocycles. The number of aryl methyl sites for hydroxylation is 2. The SMILES string of the molecule is Cc1cc(N(C)CC2CCCC2)c(C(N)=S)c(C)n1. The van der Waals surface area contributed by atoms with Gasteiger partial charge in [-0.2, -0.15) is 0 Å². The van der Waals surface area contributed by atoms with Gasteiger partial charge in [-0.25, -0.2) is 0 Å². The van der Waals surface area contributed by atoms with Gasteiger partial charge >= 0.3 is 0 Å². The summed E-state index contributed by atoms with van der Waals surface area (Å²) in [5.41, 5.74) is 9.89. The van der Waals surface area contributed by atoms with E-state index in [-0.39, 0.29) is 0 Å². The molecule has 0 atom stereocenters. The van der Waals surface area contributed by atoms with Crippen molar-refractivity contribution in [3.8, 4) is 0 Å². The lowest BCUT2D eigenvalue weighted by Crippen LogP contribution is -2.27. The number of rotatable bonds is 4. The molecule has 104 valence electrons. The molecular formula is C15H23N3S. The van der Waals surface area contributed by atoms with Crippen LogP contribution in [-0.2, 0) is 0 Å². The molecule has 3 nitrogen and oxygen atoms in total. The van der Waals surface area contributed by atoms with Gasteiger partial charge in [0.05, 0.1) is 11.3 Å². The molecule has 19 heavy (non-hydrogen) atoms. The number of hydrogen-bond acceptors (Lipinski definition) is 3. The van der Waals surface area contributed by atoms with Crippen LogP contribution in [0.3, 0.4) is 0 Å². The molecule has 0 aliphatic heterocycles. The number of thiocarbonyl (C=S) groups is 1. The number of aromatic nitrogens is 1. The van der Waals surface area contributed by atoms with Crippen LogP contribution in [0.5, 0.6) is 0 Å². The number of nitrogens with zero attached hydrogens (tertiary/aromatic N) is 2. The molecule has 0 radical (unpaired) electrons. The Labute approximate surface area is 121 Å². The molecule has 4 heteroatoms. The second-order valence-corrected chi connectivity index (χ2v) is 6.08. The first-order valence-corrected chi connectivity index (χ1v) is 7.39. The molecule has 0 saturated heterocycles. The molecule has 2 rings (SSSR count). The fourth-order valence-electron chi connectivity index (χ4n) is 3.09. The lowest BCUT2D eigenvalue weighted by Gasteiger charge is -2.26. The predicted molar refractivity (Wildman–Crippen MR) is 84.8 cm³/mol. The Morgan fingerprint density at radius 1 is 1.42 bits per heavy atom. The zero-order valence-electron chi connectivity index (χ0n) is 12.1. The van der Waals surface area contributed by atoms with E-state index < -0.39 is 0 Å². The molecule has 0 unspecified atom stereocenters. The van der Waals surface area contributed by atoms with Gasteiger partial charge in [-0.15, -0.1) is 0 Å². The quantitative estimate of drug-likeness (QED) is 0.859. The van der Waals surface area contributed by atoms with Gasteiger partial charge in [0.25, 0.3) is 0 Å². The van der Waals surface area contributed by atoms with Crippen LogP contribution in [0.2, 0.25) is 0 Å². The highest BCUT2D eigenvalue weighted by Gasteiger charge is 2.20. The van der Waals surface area contributed by atoms with E-state index in [1.807, 2.05) is 13.8 Å². The highest BCUT2D eigenvalue weighted by Crippen LogP contribution is 2.29. The Hall–Kier alpha value is -1.16. The van der Waals surface area contributed by atoms with Crippen LogP contribution in [0, 0.1) is 19.8 Å². The largest absolute Gasteiger partial charge is 0.389 e. The molecule has 2 N–H and O–H groups in total. The molecule has 0 spiro atoms. The highest BCUT2D eigenvalue weighted by molar-refractivity contribution is 7.80. The van der Waals surface area contributed by atoms with E-state index in [2.05, 4.69) is 23.0 Å². The van der Waals surface area contributed by atoms with Crippen molar-refractivity contribution in [2.24, 2.45) is 11.7 Å². The van der Waals surface area contributed by atoms with Crippen LogP contribution in [0.1, 0.15) is 42.6 Å². The molecule has 1 saturated carbocycles. The summed E-state index contributed by atoms with van der Waals surface area (Å²) in [6, 6.07) is 2.09. The Morgan fingerprint density at radius 3 is 2.63 bits per heavy atom. The first kappa shape index (κ1) is 14.3. The fourth-order valence-corrected chi connectivity index (χ4v) is 3.34. The number of hydrogen-bond donors (Lipinski definition) is 1. The van der Waals surface area contributed by atoms with E-state index in [9.17, 15) is 0 Å². The normalized spacial score (nSPS) is 15.7. The van der Waals surface area contributed by atoms with Crippen molar-refractivity contribution in [2.45, 2.75) is 39.5 Å². The van der Waals surface area contributed by atoms with Crippen molar-refractivity contribution in [1.29, 1.82) is 0 Å². The minimum absolute atomic E-state index is 0.443. The summed E-state index contributed by atoms with van der Waals surface area (Å²) >= 11 is 5.19. The van der Waals surface area contributed by atoms with Crippen molar-refractivity contribution < 1.29 is 0 Å². The molecule has 0 bridgehead atoms. The monoisotopic (exact) mass is 277 g/mol. The van der Waals surface area contributed by atoms with Crippen molar-refractivity contribution >= 4 is 22.9 Å². The Morgan fingerprint density at radius 2 is 2.05 bits per heavy atom. The van der Waals surface area contributed by atoms with E-state index >= 15 is 0 Å². The van der Waals surface area contributed by atoms with Crippen LogP contribution in [0.15, 0.2) is 6.07 Å². The lowest BCUT2D eigenvalue weighted by atomic mass is 10.1. The van der Waals surface area contributed by atoms with E-state index in [4.69, 9.17) is 18.0 Å². The second kappa shape index (κ2) is 5.87. The maximum Gasteiger partial charge on any atom is 0.107 e. The standard InChI is InChI=1S/C15H23N3S/c1-10-8-13(14(15(16)19)11(2)17-10)18(3)9-12-6-4-5-7-12/h8,12H,4-7,9H2,1-3H3,(H2,16,19). The minimum Gasteiger partial charge on any atom is -0.389 e. The average Bonchev–Trinajstić information content (AvgIpc) is 2.79. The van der Waals surface area contributed by atoms with E-state index in [0.717, 1.165) is 35.1 Å². The van der Waals surface area contributed by atoms with E-state index in [0.29, 0.717) is 4.99 Å². The van der Waals surface area contributed by atoms with Crippen LogP contribution in [0.25, 0.3) is 0 Å². The summed E-state index contributed by atoms with van der Waals surface area (Å²) in [5, 5.41) is 0. The van der Waals surface area contributed by atoms with Crippen LogP contribution >= 0.6 is 12.2 Å². The Bertz CT molecular complexity index is 479. The smallest absolute Gasteiger partial charge is 0.107 e. The first-order chi connectivity index (χ1) is 8.99. The molecule has 1 fully saturated rings. The number of anilines is 1. The molecule has 1 aromatic rings. The molecule has 1 aliphatic rings. The molecule has 1 aliphatic carbocycles. The molecule has 1 heterocycles. The van der Waals surface area contributed by atoms with Gasteiger partial charge in [0.15, 0.2) is 0 Å². The topological polar surface area (TPSA) is 42.1 Å². The highest BCUT2D eigenvalue weighted by atomic mass is 32.1. The maximum atomic E-state index is 5.88. The third kappa shape index (κ3) is 3.24. The number of nitrogens with two attached hydrogens (primary N) is 1. The molecule has 1 aromatic heterocycles. The summed E-state index contributed by atoms with van der Waals surface area (Å²) in [6.07, 6.45) is 5.43. The molecule has 0 amide bonds. The van der Waals surface area contributed by atoms with Gasteiger partial charge in [0.1, 0.15) is 4.99 Å². The van der Waals surface area contributed by atoms with Crippen LogP contribution in [-0.4, -0.2) is 23.6 Å². The Kier molecular flexibility index (Phi) is 4.40. The number of pyridine rings is 1. The van der Waals surface area contributed by atoms with E-state index in [1.54, 1.807) is 0 Å². The summed E-state index contributed by atoms with van der Waals surface area (Å²) in [7, 11) is 2.13. The first-order valence-electron chi connectivity index (χ1n) is 6.98. The van der Waals surface area contributed by atoms with Gasteiger partial charge in [0, 0.05) is 25.0 Å². The molecular weight excluding hydrogens is 254 g/mol. The second-order valence-electron chi connectivity index (χ2n) is 5.64. The van der Waals surface area contributed by atoms with Gasteiger partial charge in [0.2, 0.25) is 0 Å². The van der Waals surface area contributed by atoms with Gasteiger partial charge in [-0.05, 0) is 38.7 Å². The average molecular weight is 277 g/mol. The van der Waals surface area contributed by atoms with Gasteiger partial charge in [-0.3, -0.25) is 4.98 Å². The zero-order chi connectivity index (χ0) is 14.0. The third-order valence-electron chi connectivity index (χ3n) is 3.97. The summed E-state index contributed by atoms with van der Waals surface area (Å²) in [4.78, 5) is 7.22. The third-order valence-corrected chi connectivity index (χ3v) is 4.18. The maximum absolute atomic E-state index is 5.88. The summed E-state index contributed by atoms with van der Waals surface area (Å²) in [5.74, 6) is 0.804. The summed E-state index contributed by atoms with van der Waals surface area (Å²) in [6.45, 7) is 5.08. The summed E-state index contributed by atoms with van der Waals surface area (Å²) < 4.78 is 0. The fraction of sp³-hybridized carbons (Fsp3) is 0.600. The van der Waals surface area contributed by atoms with E-state index in [1.165, 1.54) is 25.7 Å². The van der Waals surface area contributed by atoms with Crippen molar-refractivity contribution in [2.75, 3.05) is 18.5 Å². The lowest BCUT2D eigenvalue weighted by molar-refractivity contribution is 0.547. The van der Waals surface area contributed by atoms with Crippen molar-refractivity contribution in [3.05, 3.63) is 23.0 Å².